The van der Waals surface area contributed by atoms with Gasteiger partial charge in [-0.05, 0) is 37.8 Å². The number of carbonyl (C=O) groups excluding carboxylic acids is 2. The van der Waals surface area contributed by atoms with Gasteiger partial charge in [-0.1, -0.05) is 12.1 Å². The highest BCUT2D eigenvalue weighted by atomic mass is 19.1. The van der Waals surface area contributed by atoms with E-state index in [1.807, 2.05) is 4.90 Å². The molecule has 0 N–H and O–H groups in total. The molecule has 3 fully saturated rings. The van der Waals surface area contributed by atoms with Crippen LogP contribution in [-0.2, 0) is 14.3 Å². The predicted molar refractivity (Wildman–Crippen MR) is 95.8 cm³/mol. The Bertz CT molecular complexity index is 726. The Labute approximate surface area is 158 Å². The van der Waals surface area contributed by atoms with Crippen LogP contribution in [0.15, 0.2) is 24.3 Å². The number of halogens is 1. The van der Waals surface area contributed by atoms with E-state index in [0.29, 0.717) is 39.1 Å². The first-order valence-electron chi connectivity index (χ1n) is 9.56. The fourth-order valence-corrected chi connectivity index (χ4v) is 4.86. The van der Waals surface area contributed by atoms with Crippen molar-refractivity contribution in [3.8, 4) is 0 Å². The van der Waals surface area contributed by atoms with E-state index in [1.54, 1.807) is 24.1 Å². The Morgan fingerprint density at radius 2 is 1.89 bits per heavy atom. The number of hydrogen-bond acceptors (Lipinski definition) is 4. The van der Waals surface area contributed by atoms with Crippen molar-refractivity contribution in [2.75, 3.05) is 33.4 Å². The minimum atomic E-state index is -0.494. The zero-order valence-corrected chi connectivity index (χ0v) is 15.5. The molecule has 27 heavy (non-hydrogen) atoms. The van der Waals surface area contributed by atoms with Gasteiger partial charge in [-0.25, -0.2) is 4.39 Å². The second kappa shape index (κ2) is 7.20. The molecule has 1 aromatic rings. The lowest BCUT2D eigenvalue weighted by atomic mass is 9.72. The second-order valence-electron chi connectivity index (χ2n) is 7.54. The van der Waals surface area contributed by atoms with Crippen LogP contribution in [0.25, 0.3) is 0 Å². The Morgan fingerprint density at radius 3 is 2.52 bits per heavy atom. The summed E-state index contributed by atoms with van der Waals surface area (Å²) in [7, 11) is 1.59. The first-order chi connectivity index (χ1) is 13.1. The SMILES string of the molecule is COC1C(=O)N(C2CCN(C(=O)c3ccccc3F)CC2)C12CCOCC2. The Balaban J connectivity index is 1.44. The second-order valence-corrected chi connectivity index (χ2v) is 7.54. The number of ether oxygens (including phenoxy) is 2. The first-order valence-corrected chi connectivity index (χ1v) is 9.56. The topological polar surface area (TPSA) is 59.1 Å². The maximum absolute atomic E-state index is 13.9. The summed E-state index contributed by atoms with van der Waals surface area (Å²) in [4.78, 5) is 29.0. The van der Waals surface area contributed by atoms with Crippen LogP contribution in [0.4, 0.5) is 4.39 Å². The summed E-state index contributed by atoms with van der Waals surface area (Å²) in [5, 5.41) is 0. The van der Waals surface area contributed by atoms with Crippen LogP contribution in [0.1, 0.15) is 36.0 Å². The molecule has 146 valence electrons. The summed E-state index contributed by atoms with van der Waals surface area (Å²) in [6.45, 7) is 2.31. The largest absolute Gasteiger partial charge is 0.381 e. The van der Waals surface area contributed by atoms with E-state index in [0.717, 1.165) is 12.8 Å². The smallest absolute Gasteiger partial charge is 0.256 e. The molecule has 3 heterocycles. The standard InChI is InChI=1S/C20H25FN2O4/c1-26-17-19(25)23(20(17)8-12-27-13-9-20)14-6-10-22(11-7-14)18(24)15-4-2-3-5-16(15)21/h2-5,14,17H,6-13H2,1H3. The molecule has 3 aliphatic rings. The molecule has 4 rings (SSSR count). The number of nitrogens with zero attached hydrogens (tertiary/aromatic N) is 2. The summed E-state index contributed by atoms with van der Waals surface area (Å²) < 4.78 is 24.9. The quantitative estimate of drug-likeness (QED) is 0.756. The number of amides is 2. The van der Waals surface area contributed by atoms with Crippen LogP contribution in [0, 0.1) is 5.82 Å². The molecule has 1 atom stereocenters. The van der Waals surface area contributed by atoms with E-state index in [-0.39, 0.29) is 35.1 Å². The Morgan fingerprint density at radius 1 is 1.22 bits per heavy atom. The highest BCUT2D eigenvalue weighted by molar-refractivity contribution is 5.94. The van der Waals surface area contributed by atoms with Gasteiger partial charge in [0.15, 0.2) is 6.10 Å². The van der Waals surface area contributed by atoms with E-state index >= 15 is 0 Å². The van der Waals surface area contributed by atoms with E-state index in [9.17, 15) is 14.0 Å². The third-order valence-corrected chi connectivity index (χ3v) is 6.24. The molecule has 6 nitrogen and oxygen atoms in total. The molecule has 1 spiro atoms. The van der Waals surface area contributed by atoms with Crippen LogP contribution in [-0.4, -0.2) is 72.7 Å². The fraction of sp³-hybridized carbons (Fsp3) is 0.600. The van der Waals surface area contributed by atoms with Crippen LogP contribution in [0.3, 0.4) is 0 Å². The van der Waals surface area contributed by atoms with Crippen molar-refractivity contribution in [3.63, 3.8) is 0 Å². The molecule has 0 bridgehead atoms. The lowest BCUT2D eigenvalue weighted by molar-refractivity contribution is -0.213. The molecule has 1 aromatic carbocycles. The van der Waals surface area contributed by atoms with Crippen LogP contribution < -0.4 is 0 Å². The van der Waals surface area contributed by atoms with Gasteiger partial charge in [0.2, 0.25) is 0 Å². The molecule has 0 radical (unpaired) electrons. The number of methoxy groups -OCH3 is 1. The van der Waals surface area contributed by atoms with E-state index < -0.39 is 5.82 Å². The van der Waals surface area contributed by atoms with E-state index in [2.05, 4.69) is 0 Å². The lowest BCUT2D eigenvalue weighted by Crippen LogP contribution is -2.79. The van der Waals surface area contributed by atoms with Crippen molar-refractivity contribution in [2.45, 2.75) is 43.4 Å². The van der Waals surface area contributed by atoms with Gasteiger partial charge in [0.05, 0.1) is 11.1 Å². The third kappa shape index (κ3) is 2.93. The normalized spacial score (nSPS) is 25.6. The van der Waals surface area contributed by atoms with Gasteiger partial charge >= 0.3 is 0 Å². The Kier molecular flexibility index (Phi) is 4.90. The lowest BCUT2D eigenvalue weighted by Gasteiger charge is -2.61. The maximum Gasteiger partial charge on any atom is 0.256 e. The molecule has 3 saturated heterocycles. The van der Waals surface area contributed by atoms with Gasteiger partial charge in [0.25, 0.3) is 11.8 Å². The molecule has 0 saturated carbocycles. The number of benzene rings is 1. The van der Waals surface area contributed by atoms with Gasteiger partial charge in [0, 0.05) is 39.5 Å². The monoisotopic (exact) mass is 376 g/mol. The highest BCUT2D eigenvalue weighted by Gasteiger charge is 2.62. The average Bonchev–Trinajstić information content (AvgIpc) is 2.69. The van der Waals surface area contributed by atoms with Crippen LogP contribution >= 0.6 is 0 Å². The van der Waals surface area contributed by atoms with Crippen LogP contribution in [0.2, 0.25) is 0 Å². The van der Waals surface area contributed by atoms with Gasteiger partial charge in [-0.3, -0.25) is 9.59 Å². The number of carbonyl (C=O) groups is 2. The van der Waals surface area contributed by atoms with Gasteiger partial charge in [-0.15, -0.1) is 0 Å². The molecule has 0 aromatic heterocycles. The van der Waals surface area contributed by atoms with E-state index in [4.69, 9.17) is 9.47 Å². The first kappa shape index (κ1) is 18.4. The van der Waals surface area contributed by atoms with E-state index in [1.165, 1.54) is 12.1 Å². The molecule has 0 aliphatic carbocycles. The van der Waals surface area contributed by atoms with Crippen molar-refractivity contribution < 1.29 is 23.5 Å². The number of piperidine rings is 1. The average molecular weight is 376 g/mol. The maximum atomic E-state index is 13.9. The molecule has 1 unspecified atom stereocenters. The molecular weight excluding hydrogens is 351 g/mol. The zero-order valence-electron chi connectivity index (χ0n) is 15.5. The highest BCUT2D eigenvalue weighted by Crippen LogP contribution is 2.45. The van der Waals surface area contributed by atoms with Crippen molar-refractivity contribution in [1.82, 2.24) is 9.80 Å². The minimum absolute atomic E-state index is 0.0401. The third-order valence-electron chi connectivity index (χ3n) is 6.24. The molecule has 3 aliphatic heterocycles. The van der Waals surface area contributed by atoms with Gasteiger partial charge in [0.1, 0.15) is 5.82 Å². The molecule has 7 heteroatoms. The number of rotatable bonds is 3. The number of hydrogen-bond donors (Lipinski definition) is 0. The summed E-state index contributed by atoms with van der Waals surface area (Å²) in [6.07, 6.45) is 2.58. The summed E-state index contributed by atoms with van der Waals surface area (Å²) in [5.74, 6) is -0.734. The summed E-state index contributed by atoms with van der Waals surface area (Å²) in [5.41, 5.74) is -0.164. The summed E-state index contributed by atoms with van der Waals surface area (Å²) >= 11 is 0. The van der Waals surface area contributed by atoms with Gasteiger partial charge in [-0.2, -0.15) is 0 Å². The van der Waals surface area contributed by atoms with Crippen LogP contribution in [0.5, 0.6) is 0 Å². The zero-order chi connectivity index (χ0) is 19.0. The minimum Gasteiger partial charge on any atom is -0.381 e. The summed E-state index contributed by atoms with van der Waals surface area (Å²) in [6, 6.07) is 6.16. The fourth-order valence-electron chi connectivity index (χ4n) is 4.86. The predicted octanol–water partition coefficient (Wildman–Crippen LogP) is 1.84. The van der Waals surface area contributed by atoms with Gasteiger partial charge < -0.3 is 19.3 Å². The Hall–Kier alpha value is -1.99. The molecule has 2 amide bonds. The van der Waals surface area contributed by atoms with Crippen molar-refractivity contribution in [2.24, 2.45) is 0 Å². The van der Waals surface area contributed by atoms with Crippen molar-refractivity contribution in [3.05, 3.63) is 35.6 Å². The molecular formula is C20H25FN2O4. The number of likely N-dealkylation sites (tertiary alicyclic amines) is 2. The van der Waals surface area contributed by atoms with Crippen molar-refractivity contribution >= 4 is 11.8 Å². The number of β-lactam (4-membered cyclic amide) rings is 1. The van der Waals surface area contributed by atoms with Crippen molar-refractivity contribution in [1.29, 1.82) is 0 Å².